The van der Waals surface area contributed by atoms with Gasteiger partial charge in [0.15, 0.2) is 0 Å². The summed E-state index contributed by atoms with van der Waals surface area (Å²) in [6.45, 7) is 4.06. The minimum absolute atomic E-state index is 0.131. The van der Waals surface area contributed by atoms with Gasteiger partial charge in [-0.15, -0.1) is 11.3 Å². The lowest BCUT2D eigenvalue weighted by Crippen LogP contribution is -2.09. The Bertz CT molecular complexity index is 269. The van der Waals surface area contributed by atoms with Crippen LogP contribution >= 0.6 is 27.3 Å². The molecular weight excluding hydrogens is 234 g/mol. The normalized spacial score (nSPS) is 14.0. The van der Waals surface area contributed by atoms with Crippen molar-refractivity contribution in [1.82, 2.24) is 0 Å². The molecule has 1 unspecified atom stereocenters. The molecule has 1 aromatic rings. The molecule has 0 bridgehead atoms. The number of hydrogen-bond donors (Lipinski definition) is 1. The van der Waals surface area contributed by atoms with Gasteiger partial charge in [0.05, 0.1) is 0 Å². The molecular formula is C9H12BrNS. The van der Waals surface area contributed by atoms with Crippen LogP contribution in [0.5, 0.6) is 0 Å². The Labute approximate surface area is 85.4 Å². The van der Waals surface area contributed by atoms with E-state index >= 15 is 0 Å². The first kappa shape index (κ1) is 9.96. The van der Waals surface area contributed by atoms with Crippen LogP contribution in [0, 0.1) is 6.92 Å². The predicted octanol–water partition coefficient (Wildman–Crippen LogP) is 3.18. The summed E-state index contributed by atoms with van der Waals surface area (Å²) in [4.78, 5) is 2.55. The van der Waals surface area contributed by atoms with Gasteiger partial charge >= 0.3 is 0 Å². The smallest absolute Gasteiger partial charge is 0.0317 e. The molecule has 0 aromatic carbocycles. The number of halogens is 1. The molecule has 1 aromatic heterocycles. The van der Waals surface area contributed by atoms with E-state index in [4.69, 9.17) is 5.73 Å². The molecule has 12 heavy (non-hydrogen) atoms. The predicted molar refractivity (Wildman–Crippen MR) is 59.4 cm³/mol. The minimum Gasteiger partial charge on any atom is -0.325 e. The van der Waals surface area contributed by atoms with Gasteiger partial charge in [-0.1, -0.05) is 6.08 Å². The summed E-state index contributed by atoms with van der Waals surface area (Å²) < 4.78 is 1.18. The van der Waals surface area contributed by atoms with E-state index in [0.29, 0.717) is 0 Å². The quantitative estimate of drug-likeness (QED) is 0.852. The van der Waals surface area contributed by atoms with Crippen LogP contribution in [0.1, 0.15) is 16.7 Å². The molecule has 0 aliphatic heterocycles. The van der Waals surface area contributed by atoms with Gasteiger partial charge < -0.3 is 5.73 Å². The van der Waals surface area contributed by atoms with Gasteiger partial charge in [0.1, 0.15) is 0 Å². The van der Waals surface area contributed by atoms with Crippen LogP contribution in [0.3, 0.4) is 0 Å². The molecule has 66 valence electrons. The Morgan fingerprint density at radius 2 is 2.33 bits per heavy atom. The van der Waals surface area contributed by atoms with E-state index in [1.807, 2.05) is 13.0 Å². The van der Waals surface area contributed by atoms with Crippen LogP contribution < -0.4 is 5.73 Å². The Balaban J connectivity index is 2.77. The van der Waals surface area contributed by atoms with Crippen molar-refractivity contribution in [2.24, 2.45) is 5.73 Å². The monoisotopic (exact) mass is 245 g/mol. The molecule has 1 rings (SSSR count). The summed E-state index contributed by atoms with van der Waals surface area (Å²) >= 11 is 5.24. The maximum absolute atomic E-state index is 5.59. The summed E-state index contributed by atoms with van der Waals surface area (Å²) in [5.74, 6) is 0. The van der Waals surface area contributed by atoms with Gasteiger partial charge in [0.25, 0.3) is 0 Å². The second kappa shape index (κ2) is 4.21. The fourth-order valence-corrected chi connectivity index (χ4v) is 2.28. The fourth-order valence-electron chi connectivity index (χ4n) is 0.810. The number of thiophene rings is 1. The van der Waals surface area contributed by atoms with Crippen molar-refractivity contribution in [2.45, 2.75) is 19.9 Å². The van der Waals surface area contributed by atoms with Crippen molar-refractivity contribution in [1.29, 1.82) is 0 Å². The van der Waals surface area contributed by atoms with Gasteiger partial charge in [-0.25, -0.2) is 0 Å². The van der Waals surface area contributed by atoms with Crippen molar-refractivity contribution in [2.75, 3.05) is 0 Å². The fraction of sp³-hybridized carbons (Fsp3) is 0.333. The van der Waals surface area contributed by atoms with Gasteiger partial charge in [-0.05, 0) is 41.9 Å². The van der Waals surface area contributed by atoms with Crippen LogP contribution in [0.15, 0.2) is 16.6 Å². The lowest BCUT2D eigenvalue weighted by atomic mass is 10.3. The van der Waals surface area contributed by atoms with E-state index in [0.717, 1.165) is 0 Å². The van der Waals surface area contributed by atoms with Crippen molar-refractivity contribution in [3.8, 4) is 0 Å². The van der Waals surface area contributed by atoms with Gasteiger partial charge in [0.2, 0.25) is 0 Å². The highest BCUT2D eigenvalue weighted by molar-refractivity contribution is 9.10. The summed E-state index contributed by atoms with van der Waals surface area (Å²) in [5, 5.41) is 0. The zero-order valence-electron chi connectivity index (χ0n) is 7.17. The highest BCUT2D eigenvalue weighted by Gasteiger charge is 1.98. The molecule has 1 atom stereocenters. The topological polar surface area (TPSA) is 26.0 Å². The van der Waals surface area contributed by atoms with E-state index < -0.39 is 0 Å². The Kier molecular flexibility index (Phi) is 3.50. The number of hydrogen-bond acceptors (Lipinski definition) is 2. The number of nitrogens with two attached hydrogens (primary N) is 1. The molecule has 0 amide bonds. The summed E-state index contributed by atoms with van der Waals surface area (Å²) in [5.41, 5.74) is 5.59. The zero-order valence-corrected chi connectivity index (χ0v) is 9.58. The highest BCUT2D eigenvalue weighted by Crippen LogP contribution is 2.27. The van der Waals surface area contributed by atoms with Crippen molar-refractivity contribution in [3.05, 3.63) is 26.4 Å². The molecule has 0 aliphatic carbocycles. The number of rotatable bonds is 2. The first-order valence-electron chi connectivity index (χ1n) is 3.79. The summed E-state index contributed by atoms with van der Waals surface area (Å²) in [6.07, 6.45) is 4.06. The molecule has 1 nitrogen and oxygen atoms in total. The van der Waals surface area contributed by atoms with Crippen LogP contribution in [-0.2, 0) is 0 Å². The molecule has 0 saturated heterocycles. The maximum Gasteiger partial charge on any atom is 0.0317 e. The third-order valence-corrected chi connectivity index (χ3v) is 3.54. The van der Waals surface area contributed by atoms with Crippen LogP contribution in [0.25, 0.3) is 6.08 Å². The van der Waals surface area contributed by atoms with E-state index in [2.05, 4.69) is 35.0 Å². The molecule has 0 spiro atoms. The highest BCUT2D eigenvalue weighted by atomic mass is 79.9. The van der Waals surface area contributed by atoms with Gasteiger partial charge in [-0.3, -0.25) is 0 Å². The molecule has 0 saturated carbocycles. The van der Waals surface area contributed by atoms with Gasteiger partial charge in [0, 0.05) is 20.3 Å². The van der Waals surface area contributed by atoms with Crippen LogP contribution in [-0.4, -0.2) is 6.04 Å². The van der Waals surface area contributed by atoms with Crippen LogP contribution in [0.2, 0.25) is 0 Å². The van der Waals surface area contributed by atoms with Crippen molar-refractivity contribution in [3.63, 3.8) is 0 Å². The van der Waals surface area contributed by atoms with E-state index in [1.165, 1.54) is 14.2 Å². The molecule has 0 aliphatic rings. The largest absolute Gasteiger partial charge is 0.325 e. The first-order valence-corrected chi connectivity index (χ1v) is 5.40. The second-order valence-corrected chi connectivity index (χ2v) is 4.91. The Morgan fingerprint density at radius 1 is 1.67 bits per heavy atom. The summed E-state index contributed by atoms with van der Waals surface area (Å²) in [6, 6.07) is 2.24. The van der Waals surface area contributed by atoms with Gasteiger partial charge in [-0.2, -0.15) is 0 Å². The lowest BCUT2D eigenvalue weighted by Gasteiger charge is -1.91. The molecule has 2 N–H and O–H groups in total. The molecule has 1 heterocycles. The Morgan fingerprint density at radius 3 is 2.75 bits per heavy atom. The average molecular weight is 246 g/mol. The van der Waals surface area contributed by atoms with Crippen molar-refractivity contribution < 1.29 is 0 Å². The van der Waals surface area contributed by atoms with E-state index in [1.54, 1.807) is 11.3 Å². The minimum atomic E-state index is 0.131. The summed E-state index contributed by atoms with van der Waals surface area (Å²) in [7, 11) is 0. The van der Waals surface area contributed by atoms with Crippen molar-refractivity contribution >= 4 is 33.3 Å². The number of aryl methyl sites for hydroxylation is 1. The molecule has 3 heteroatoms. The first-order chi connectivity index (χ1) is 5.59. The third-order valence-electron chi connectivity index (χ3n) is 1.44. The zero-order chi connectivity index (χ0) is 9.14. The SMILES string of the molecule is Cc1sc(/C=C/C(C)N)cc1Br. The molecule has 0 radical (unpaired) electrons. The standard InChI is InChI=1S/C9H12BrNS/c1-6(11)3-4-8-5-9(10)7(2)12-8/h3-6H,11H2,1-2H3/b4-3+. The lowest BCUT2D eigenvalue weighted by molar-refractivity contribution is 0.931. The third kappa shape index (κ3) is 2.73. The second-order valence-electron chi connectivity index (χ2n) is 2.77. The maximum atomic E-state index is 5.59. The Hall–Kier alpha value is -0.120. The van der Waals surface area contributed by atoms with E-state index in [-0.39, 0.29) is 6.04 Å². The molecule has 0 fully saturated rings. The van der Waals surface area contributed by atoms with E-state index in [9.17, 15) is 0 Å². The average Bonchev–Trinajstić information content (AvgIpc) is 2.28. The van der Waals surface area contributed by atoms with Crippen LogP contribution in [0.4, 0.5) is 0 Å².